The summed E-state index contributed by atoms with van der Waals surface area (Å²) >= 11 is 11.8. The summed E-state index contributed by atoms with van der Waals surface area (Å²) in [5, 5.41) is 25.4. The SMILES string of the molecule is CC(C)(C)OC(=O)N[C@@H](Cc1ccc(NC(=O)c2c(Cl)c[n+]([O-])cc2Cl)cc1)C(=O)O. The largest absolute Gasteiger partial charge is 0.619 e. The van der Waals surface area contributed by atoms with E-state index in [2.05, 4.69) is 10.6 Å². The number of rotatable bonds is 6. The zero-order chi connectivity index (χ0) is 23.3. The van der Waals surface area contributed by atoms with E-state index in [1.54, 1.807) is 45.0 Å². The molecule has 0 saturated carbocycles. The number of carbonyl (C=O) groups is 3. The molecule has 0 radical (unpaired) electrons. The van der Waals surface area contributed by atoms with E-state index in [4.69, 9.17) is 27.9 Å². The molecule has 0 fully saturated rings. The fraction of sp³-hybridized carbons (Fsp3) is 0.300. The number of alkyl carbamates (subject to hydrolysis) is 1. The van der Waals surface area contributed by atoms with Gasteiger partial charge in [-0.05, 0) is 38.5 Å². The Balaban J connectivity index is 2.06. The first-order valence-corrected chi connectivity index (χ1v) is 9.81. The molecule has 0 unspecified atom stereocenters. The van der Waals surface area contributed by atoms with Crippen LogP contribution in [0.2, 0.25) is 10.0 Å². The number of carboxylic acids is 1. The molecule has 0 saturated heterocycles. The van der Waals surface area contributed by atoms with Gasteiger partial charge in [0, 0.05) is 12.1 Å². The standard InChI is InChI=1S/C20H21Cl2N3O6/c1-20(2,3)31-19(29)24-15(18(27)28)8-11-4-6-12(7-5-11)23-17(26)16-13(21)9-25(30)10-14(16)22/h4-7,9-10,15H,8H2,1-3H3,(H,23,26)(H,24,29)(H,27,28)/t15-/m0/s1. The molecule has 166 valence electrons. The maximum atomic E-state index is 12.4. The summed E-state index contributed by atoms with van der Waals surface area (Å²) in [4.78, 5) is 35.8. The Labute approximate surface area is 188 Å². The summed E-state index contributed by atoms with van der Waals surface area (Å²) in [6.07, 6.45) is 1.19. The number of nitrogens with zero attached hydrogens (tertiary/aromatic N) is 1. The van der Waals surface area contributed by atoms with Gasteiger partial charge >= 0.3 is 12.1 Å². The lowest BCUT2D eigenvalue weighted by Gasteiger charge is -2.22. The molecule has 1 aromatic heterocycles. The van der Waals surface area contributed by atoms with Crippen LogP contribution in [-0.2, 0) is 16.0 Å². The van der Waals surface area contributed by atoms with Crippen molar-refractivity contribution >= 4 is 46.9 Å². The molecule has 1 atom stereocenters. The average molecular weight is 470 g/mol. The molecule has 2 amide bonds. The summed E-state index contributed by atoms with van der Waals surface area (Å²) in [5.41, 5.74) is 0.189. The number of benzene rings is 1. The van der Waals surface area contributed by atoms with Gasteiger partial charge < -0.3 is 25.7 Å². The van der Waals surface area contributed by atoms with Crippen molar-refractivity contribution in [2.75, 3.05) is 5.32 Å². The minimum Gasteiger partial charge on any atom is -0.619 e. The van der Waals surface area contributed by atoms with Gasteiger partial charge in [-0.1, -0.05) is 35.3 Å². The van der Waals surface area contributed by atoms with Crippen molar-refractivity contribution in [1.82, 2.24) is 5.32 Å². The molecule has 0 aliphatic heterocycles. The smallest absolute Gasteiger partial charge is 0.408 e. The summed E-state index contributed by atoms with van der Waals surface area (Å²) in [5.74, 6) is -1.83. The molecule has 11 heteroatoms. The number of amides is 2. The molecule has 3 N–H and O–H groups in total. The quantitative estimate of drug-likeness (QED) is 0.438. The van der Waals surface area contributed by atoms with E-state index in [1.807, 2.05) is 0 Å². The highest BCUT2D eigenvalue weighted by molar-refractivity contribution is 6.40. The lowest BCUT2D eigenvalue weighted by molar-refractivity contribution is -0.605. The molecule has 9 nitrogen and oxygen atoms in total. The number of carbonyl (C=O) groups excluding carboxylic acids is 2. The van der Waals surface area contributed by atoms with Gasteiger partial charge in [0.05, 0.1) is 5.56 Å². The van der Waals surface area contributed by atoms with Crippen LogP contribution in [-0.4, -0.2) is 34.7 Å². The van der Waals surface area contributed by atoms with E-state index < -0.39 is 29.6 Å². The predicted octanol–water partition coefficient (Wildman–Crippen LogP) is 3.40. The molecule has 2 aromatic rings. The van der Waals surface area contributed by atoms with Crippen LogP contribution in [0, 0.1) is 5.21 Å². The first-order chi connectivity index (χ1) is 14.4. The van der Waals surface area contributed by atoms with Gasteiger partial charge in [0.25, 0.3) is 5.91 Å². The molecule has 31 heavy (non-hydrogen) atoms. The summed E-state index contributed by atoms with van der Waals surface area (Å²) in [6, 6.07) is 5.11. The fourth-order valence-corrected chi connectivity index (χ4v) is 3.14. The lowest BCUT2D eigenvalue weighted by atomic mass is 10.1. The van der Waals surface area contributed by atoms with Gasteiger partial charge in [-0.15, -0.1) is 0 Å². The maximum Gasteiger partial charge on any atom is 0.408 e. The van der Waals surface area contributed by atoms with E-state index in [1.165, 1.54) is 0 Å². The molecular formula is C20H21Cl2N3O6. The normalized spacial score (nSPS) is 12.0. The number of aromatic nitrogens is 1. The van der Waals surface area contributed by atoms with Crippen LogP contribution in [0.3, 0.4) is 0 Å². The number of aliphatic carboxylic acids is 1. The Kier molecular flexibility index (Phi) is 7.70. The Bertz CT molecular complexity index is 966. The monoisotopic (exact) mass is 469 g/mol. The van der Waals surface area contributed by atoms with Crippen molar-refractivity contribution < 1.29 is 29.0 Å². The van der Waals surface area contributed by atoms with Crippen LogP contribution in [0.25, 0.3) is 0 Å². The maximum absolute atomic E-state index is 12.4. The zero-order valence-electron chi connectivity index (χ0n) is 16.9. The predicted molar refractivity (Wildman–Crippen MR) is 114 cm³/mol. The summed E-state index contributed by atoms with van der Waals surface area (Å²) in [7, 11) is 0. The van der Waals surface area contributed by atoms with E-state index in [-0.39, 0.29) is 22.0 Å². The summed E-state index contributed by atoms with van der Waals surface area (Å²) in [6.45, 7) is 5.01. The van der Waals surface area contributed by atoms with E-state index in [0.29, 0.717) is 16.0 Å². The highest BCUT2D eigenvalue weighted by atomic mass is 35.5. The Hall–Kier alpha value is -3.04. The van der Waals surface area contributed by atoms with Gasteiger partial charge in [-0.2, -0.15) is 4.73 Å². The molecule has 0 aliphatic carbocycles. The molecule has 0 spiro atoms. The van der Waals surface area contributed by atoms with Gasteiger partial charge in [-0.3, -0.25) is 4.79 Å². The number of halogens is 2. The van der Waals surface area contributed by atoms with Crippen LogP contribution >= 0.6 is 23.2 Å². The Morgan fingerprint density at radius 1 is 1.13 bits per heavy atom. The highest BCUT2D eigenvalue weighted by Crippen LogP contribution is 2.23. The fourth-order valence-electron chi connectivity index (χ4n) is 2.52. The molecular weight excluding hydrogens is 449 g/mol. The van der Waals surface area contributed by atoms with Crippen LogP contribution in [0.1, 0.15) is 36.7 Å². The average Bonchev–Trinajstić information content (AvgIpc) is 2.60. The van der Waals surface area contributed by atoms with Crippen molar-refractivity contribution in [3.8, 4) is 0 Å². The number of nitrogens with one attached hydrogen (secondary N) is 2. The van der Waals surface area contributed by atoms with Crippen LogP contribution in [0.4, 0.5) is 10.5 Å². The number of pyridine rings is 1. The third kappa shape index (κ3) is 7.30. The third-order valence-electron chi connectivity index (χ3n) is 3.83. The summed E-state index contributed by atoms with van der Waals surface area (Å²) < 4.78 is 5.47. The van der Waals surface area contributed by atoms with E-state index >= 15 is 0 Å². The van der Waals surface area contributed by atoms with Crippen molar-refractivity contribution in [2.24, 2.45) is 0 Å². The van der Waals surface area contributed by atoms with Gasteiger partial charge in [0.1, 0.15) is 21.7 Å². The first kappa shape index (κ1) is 24.2. The minimum absolute atomic E-state index is 0.00262. The van der Waals surface area contributed by atoms with Crippen LogP contribution in [0.5, 0.6) is 0 Å². The number of carboxylic acid groups (broad SMARTS) is 1. The van der Waals surface area contributed by atoms with Crippen LogP contribution < -0.4 is 15.4 Å². The second kappa shape index (κ2) is 9.84. The van der Waals surface area contributed by atoms with Crippen molar-refractivity contribution in [3.05, 3.63) is 63.0 Å². The first-order valence-electron chi connectivity index (χ1n) is 9.06. The number of hydrogen-bond acceptors (Lipinski definition) is 5. The van der Waals surface area contributed by atoms with Crippen molar-refractivity contribution in [2.45, 2.75) is 38.8 Å². The van der Waals surface area contributed by atoms with Crippen molar-refractivity contribution in [3.63, 3.8) is 0 Å². The zero-order valence-corrected chi connectivity index (χ0v) is 18.5. The highest BCUT2D eigenvalue weighted by Gasteiger charge is 2.24. The lowest BCUT2D eigenvalue weighted by Crippen LogP contribution is -2.44. The topological polar surface area (TPSA) is 132 Å². The molecule has 1 heterocycles. The van der Waals surface area contributed by atoms with Crippen LogP contribution in [0.15, 0.2) is 36.7 Å². The molecule has 1 aromatic carbocycles. The Morgan fingerprint density at radius 2 is 1.68 bits per heavy atom. The second-order valence-corrected chi connectivity index (χ2v) is 8.40. The van der Waals surface area contributed by atoms with E-state index in [9.17, 15) is 24.7 Å². The van der Waals surface area contributed by atoms with Gasteiger partial charge in [0.15, 0.2) is 12.4 Å². The van der Waals surface area contributed by atoms with Gasteiger partial charge in [0.2, 0.25) is 0 Å². The van der Waals surface area contributed by atoms with Gasteiger partial charge in [-0.25, -0.2) is 9.59 Å². The van der Waals surface area contributed by atoms with Crippen molar-refractivity contribution in [1.29, 1.82) is 0 Å². The minimum atomic E-state index is -1.22. The van der Waals surface area contributed by atoms with E-state index in [0.717, 1.165) is 12.4 Å². The molecule has 2 rings (SSSR count). The number of ether oxygens (including phenoxy) is 1. The number of hydrogen-bond donors (Lipinski definition) is 3. The third-order valence-corrected chi connectivity index (χ3v) is 4.40. The molecule has 0 aliphatic rings. The molecule has 0 bridgehead atoms. The number of anilines is 1. The second-order valence-electron chi connectivity index (χ2n) is 7.58. The Morgan fingerprint density at radius 3 is 2.16 bits per heavy atom.